The fraction of sp³-hybridized carbons (Fsp3) is 0.250. The van der Waals surface area contributed by atoms with Crippen molar-refractivity contribution in [2.24, 2.45) is 0 Å². The number of benzene rings is 2. The molecule has 0 radical (unpaired) electrons. The molecule has 136 valence electrons. The Morgan fingerprint density at radius 1 is 1.08 bits per heavy atom. The third-order valence-corrected chi connectivity index (χ3v) is 3.70. The maximum absolute atomic E-state index is 12.6. The van der Waals surface area contributed by atoms with Crippen LogP contribution in [0.2, 0.25) is 0 Å². The zero-order chi connectivity index (χ0) is 19.1. The minimum Gasteiger partial charge on any atom is -0.449 e. The van der Waals surface area contributed by atoms with Gasteiger partial charge in [-0.2, -0.15) is 0 Å². The largest absolute Gasteiger partial charge is 0.449 e. The van der Waals surface area contributed by atoms with E-state index in [0.29, 0.717) is 12.2 Å². The molecule has 0 aliphatic rings. The summed E-state index contributed by atoms with van der Waals surface area (Å²) in [4.78, 5) is 37.7. The summed E-state index contributed by atoms with van der Waals surface area (Å²) in [7, 11) is 0. The van der Waals surface area contributed by atoms with Gasteiger partial charge in [0.25, 0.3) is 5.91 Å². The lowest BCUT2D eigenvalue weighted by molar-refractivity contribution is -0.126. The number of carbonyl (C=O) groups is 3. The van der Waals surface area contributed by atoms with E-state index in [1.54, 1.807) is 30.0 Å². The summed E-state index contributed by atoms with van der Waals surface area (Å²) in [5.41, 5.74) is 1.50. The number of nitrogens with zero attached hydrogens (tertiary/aromatic N) is 1. The highest BCUT2D eigenvalue weighted by atomic mass is 16.5. The molecule has 2 aromatic carbocycles. The Morgan fingerprint density at radius 2 is 1.77 bits per heavy atom. The van der Waals surface area contributed by atoms with Gasteiger partial charge in [0.05, 0.1) is 5.56 Å². The van der Waals surface area contributed by atoms with Crippen LogP contribution in [0.25, 0.3) is 0 Å². The molecule has 1 atom stereocenters. The minimum atomic E-state index is -0.938. The number of amides is 2. The van der Waals surface area contributed by atoms with Crippen LogP contribution >= 0.6 is 0 Å². The highest BCUT2D eigenvalue weighted by molar-refractivity contribution is 5.99. The second-order valence-corrected chi connectivity index (χ2v) is 5.73. The molecule has 26 heavy (non-hydrogen) atoms. The average Bonchev–Trinajstić information content (AvgIpc) is 2.62. The Labute approximate surface area is 152 Å². The Morgan fingerprint density at radius 3 is 2.38 bits per heavy atom. The highest BCUT2D eigenvalue weighted by Gasteiger charge is 2.24. The van der Waals surface area contributed by atoms with Crippen molar-refractivity contribution in [1.29, 1.82) is 0 Å². The lowest BCUT2D eigenvalue weighted by Gasteiger charge is -2.24. The van der Waals surface area contributed by atoms with Gasteiger partial charge in [0.2, 0.25) is 5.91 Å². The summed E-state index contributed by atoms with van der Waals surface area (Å²) in [6, 6.07) is 15.6. The number of ether oxygens (including phenoxy) is 1. The number of rotatable bonds is 6. The van der Waals surface area contributed by atoms with Crippen LogP contribution < -0.4 is 10.2 Å². The summed E-state index contributed by atoms with van der Waals surface area (Å²) < 4.78 is 5.32. The van der Waals surface area contributed by atoms with Gasteiger partial charge in [-0.05, 0) is 44.2 Å². The number of para-hydroxylation sites is 1. The smallest absolute Gasteiger partial charge is 0.338 e. The lowest BCUT2D eigenvalue weighted by Crippen LogP contribution is -2.40. The summed E-state index contributed by atoms with van der Waals surface area (Å²) >= 11 is 0. The van der Waals surface area contributed by atoms with Gasteiger partial charge in [0, 0.05) is 24.8 Å². The molecule has 0 saturated carbocycles. The molecule has 0 saturated heterocycles. The molecule has 2 aromatic rings. The van der Waals surface area contributed by atoms with Gasteiger partial charge in [0.1, 0.15) is 0 Å². The van der Waals surface area contributed by atoms with Gasteiger partial charge in [-0.3, -0.25) is 9.59 Å². The van der Waals surface area contributed by atoms with E-state index in [2.05, 4.69) is 5.32 Å². The summed E-state index contributed by atoms with van der Waals surface area (Å²) in [5, 5.41) is 2.60. The number of carbonyl (C=O) groups excluding carboxylic acids is 3. The first-order valence-corrected chi connectivity index (χ1v) is 8.37. The van der Waals surface area contributed by atoms with Crippen LogP contribution in [0.3, 0.4) is 0 Å². The number of nitrogens with one attached hydrogen (secondary N) is 1. The van der Waals surface area contributed by atoms with Gasteiger partial charge in [-0.25, -0.2) is 4.79 Å². The van der Waals surface area contributed by atoms with Crippen molar-refractivity contribution < 1.29 is 19.1 Å². The van der Waals surface area contributed by atoms with E-state index in [1.165, 1.54) is 13.0 Å². The SMILES string of the molecule is CCN(C(=O)[C@H](C)OC(=O)c1cccc(NC(C)=O)c1)c1ccccc1. The van der Waals surface area contributed by atoms with Crippen molar-refractivity contribution in [3.8, 4) is 0 Å². The minimum absolute atomic E-state index is 0.236. The van der Waals surface area contributed by atoms with E-state index >= 15 is 0 Å². The Bertz CT molecular complexity index is 789. The van der Waals surface area contributed by atoms with E-state index in [1.807, 2.05) is 37.3 Å². The number of anilines is 2. The van der Waals surface area contributed by atoms with Crippen LogP contribution in [-0.2, 0) is 14.3 Å². The van der Waals surface area contributed by atoms with Crippen molar-refractivity contribution >= 4 is 29.2 Å². The van der Waals surface area contributed by atoms with Gasteiger partial charge in [-0.1, -0.05) is 24.3 Å². The number of hydrogen-bond donors (Lipinski definition) is 1. The van der Waals surface area contributed by atoms with Crippen molar-refractivity contribution in [3.63, 3.8) is 0 Å². The monoisotopic (exact) mass is 354 g/mol. The molecule has 6 nitrogen and oxygen atoms in total. The van der Waals surface area contributed by atoms with E-state index in [0.717, 1.165) is 5.69 Å². The molecular weight excluding hydrogens is 332 g/mol. The molecule has 0 unspecified atom stereocenters. The molecule has 2 amide bonds. The average molecular weight is 354 g/mol. The maximum Gasteiger partial charge on any atom is 0.338 e. The first-order chi connectivity index (χ1) is 12.4. The third-order valence-electron chi connectivity index (χ3n) is 3.70. The summed E-state index contributed by atoms with van der Waals surface area (Å²) in [6.45, 7) is 5.25. The maximum atomic E-state index is 12.6. The summed E-state index contributed by atoms with van der Waals surface area (Å²) in [6.07, 6.45) is -0.938. The zero-order valence-electron chi connectivity index (χ0n) is 15.1. The Hall–Kier alpha value is -3.15. The van der Waals surface area contributed by atoms with Crippen LogP contribution in [0, 0.1) is 0 Å². The normalized spacial score (nSPS) is 11.3. The third kappa shape index (κ3) is 4.92. The van der Waals surface area contributed by atoms with E-state index in [9.17, 15) is 14.4 Å². The predicted molar refractivity (Wildman–Crippen MR) is 100 cm³/mol. The van der Waals surface area contributed by atoms with Gasteiger partial charge in [0.15, 0.2) is 6.10 Å². The molecule has 0 spiro atoms. The van der Waals surface area contributed by atoms with E-state index < -0.39 is 12.1 Å². The second kappa shape index (κ2) is 8.80. The Balaban J connectivity index is 2.08. The first kappa shape index (κ1) is 19.2. The molecule has 0 heterocycles. The molecule has 0 fully saturated rings. The van der Waals surface area contributed by atoms with Gasteiger partial charge < -0.3 is 15.0 Å². The van der Waals surface area contributed by atoms with E-state index in [4.69, 9.17) is 4.74 Å². The van der Waals surface area contributed by atoms with Crippen molar-refractivity contribution in [3.05, 3.63) is 60.2 Å². The standard InChI is InChI=1S/C20H22N2O4/c1-4-22(18-11-6-5-7-12-18)19(24)14(2)26-20(25)16-9-8-10-17(13-16)21-15(3)23/h5-14H,4H2,1-3H3,(H,21,23)/t14-/m0/s1. The number of likely N-dealkylation sites (N-methyl/N-ethyl adjacent to an activating group) is 1. The van der Waals surface area contributed by atoms with Gasteiger partial charge in [-0.15, -0.1) is 0 Å². The van der Waals surface area contributed by atoms with Crippen LogP contribution in [0.15, 0.2) is 54.6 Å². The Kier molecular flexibility index (Phi) is 6.49. The van der Waals surface area contributed by atoms with Crippen molar-refractivity contribution in [2.75, 3.05) is 16.8 Å². The predicted octanol–water partition coefficient (Wildman–Crippen LogP) is 3.24. The van der Waals surface area contributed by atoms with Crippen molar-refractivity contribution in [1.82, 2.24) is 0 Å². The van der Waals surface area contributed by atoms with Crippen molar-refractivity contribution in [2.45, 2.75) is 26.9 Å². The van der Waals surface area contributed by atoms with Crippen LogP contribution in [0.4, 0.5) is 11.4 Å². The quantitative estimate of drug-likeness (QED) is 0.808. The van der Waals surface area contributed by atoms with E-state index in [-0.39, 0.29) is 17.4 Å². The molecule has 6 heteroatoms. The fourth-order valence-corrected chi connectivity index (χ4v) is 2.50. The molecule has 0 aromatic heterocycles. The molecule has 2 rings (SSSR count). The zero-order valence-corrected chi connectivity index (χ0v) is 15.1. The topological polar surface area (TPSA) is 75.7 Å². The molecule has 0 bridgehead atoms. The number of hydrogen-bond acceptors (Lipinski definition) is 4. The van der Waals surface area contributed by atoms with Crippen LogP contribution in [-0.4, -0.2) is 30.4 Å². The molecule has 0 aliphatic heterocycles. The lowest BCUT2D eigenvalue weighted by atomic mass is 10.2. The second-order valence-electron chi connectivity index (χ2n) is 5.73. The summed E-state index contributed by atoms with van der Waals surface area (Å²) in [5.74, 6) is -1.16. The molecule has 0 aliphatic carbocycles. The molecule has 1 N–H and O–H groups in total. The van der Waals surface area contributed by atoms with Crippen LogP contribution in [0.1, 0.15) is 31.1 Å². The van der Waals surface area contributed by atoms with Crippen LogP contribution in [0.5, 0.6) is 0 Å². The number of esters is 1. The molecular formula is C20H22N2O4. The first-order valence-electron chi connectivity index (χ1n) is 8.37. The highest BCUT2D eigenvalue weighted by Crippen LogP contribution is 2.17. The van der Waals surface area contributed by atoms with Gasteiger partial charge >= 0.3 is 5.97 Å². The fourth-order valence-electron chi connectivity index (χ4n) is 2.50.